The molecule has 5 heteroatoms. The molecule has 1 aliphatic carbocycles. The molecule has 5 nitrogen and oxygen atoms in total. The van der Waals surface area contributed by atoms with Crippen LogP contribution >= 0.6 is 0 Å². The van der Waals surface area contributed by atoms with Gasteiger partial charge in [-0.15, -0.1) is 0 Å². The van der Waals surface area contributed by atoms with Gasteiger partial charge in [0.15, 0.2) is 5.78 Å². The number of methoxy groups -OCH3 is 2. The normalized spacial score (nSPS) is 17.7. The van der Waals surface area contributed by atoms with Crippen molar-refractivity contribution in [3.63, 3.8) is 0 Å². The van der Waals surface area contributed by atoms with Crippen molar-refractivity contribution in [1.29, 1.82) is 0 Å². The monoisotopic (exact) mass is 407 g/mol. The molecule has 1 amide bonds. The molecule has 1 atom stereocenters. The molecule has 0 N–H and O–H groups in total. The SMILES string of the molecule is COc1ccc([C@@H]2CCCN2C(=O)CCC(=O)c2ccc3c(c2)CCC3)c(OC)c1. The summed E-state index contributed by atoms with van der Waals surface area (Å²) in [5, 5.41) is 0. The highest BCUT2D eigenvalue weighted by atomic mass is 16.5. The summed E-state index contributed by atoms with van der Waals surface area (Å²) in [6.07, 6.45) is 5.65. The molecule has 2 aromatic rings. The van der Waals surface area contributed by atoms with Crippen LogP contribution in [0, 0.1) is 0 Å². The maximum atomic E-state index is 13.0. The van der Waals surface area contributed by atoms with E-state index in [9.17, 15) is 9.59 Å². The van der Waals surface area contributed by atoms with Crippen LogP contribution in [-0.2, 0) is 17.6 Å². The fourth-order valence-corrected chi connectivity index (χ4v) is 4.74. The Balaban J connectivity index is 1.42. The van der Waals surface area contributed by atoms with Crippen molar-refractivity contribution >= 4 is 11.7 Å². The van der Waals surface area contributed by atoms with Gasteiger partial charge in [-0.25, -0.2) is 0 Å². The molecule has 2 aliphatic rings. The summed E-state index contributed by atoms with van der Waals surface area (Å²) in [4.78, 5) is 27.6. The van der Waals surface area contributed by atoms with Gasteiger partial charge in [-0.1, -0.05) is 12.1 Å². The first-order chi connectivity index (χ1) is 14.6. The van der Waals surface area contributed by atoms with Crippen LogP contribution in [0.2, 0.25) is 0 Å². The molecule has 0 saturated carbocycles. The van der Waals surface area contributed by atoms with E-state index < -0.39 is 0 Å². The van der Waals surface area contributed by atoms with Gasteiger partial charge >= 0.3 is 0 Å². The van der Waals surface area contributed by atoms with Gasteiger partial charge < -0.3 is 14.4 Å². The number of carbonyl (C=O) groups excluding carboxylic acids is 2. The second-order valence-corrected chi connectivity index (χ2v) is 8.11. The van der Waals surface area contributed by atoms with E-state index in [2.05, 4.69) is 6.07 Å². The predicted octanol–water partition coefficient (Wildman–Crippen LogP) is 4.52. The average Bonchev–Trinajstić information content (AvgIpc) is 3.45. The molecular formula is C25H29NO4. The molecule has 30 heavy (non-hydrogen) atoms. The first-order valence-electron chi connectivity index (χ1n) is 10.8. The number of ether oxygens (including phenoxy) is 2. The molecule has 1 saturated heterocycles. The predicted molar refractivity (Wildman–Crippen MR) is 115 cm³/mol. The van der Waals surface area contributed by atoms with Gasteiger partial charge in [0.05, 0.1) is 20.3 Å². The summed E-state index contributed by atoms with van der Waals surface area (Å²) in [6.45, 7) is 0.714. The Kier molecular flexibility index (Phi) is 6.07. The van der Waals surface area contributed by atoms with Gasteiger partial charge in [-0.3, -0.25) is 9.59 Å². The zero-order chi connectivity index (χ0) is 21.1. The second-order valence-electron chi connectivity index (χ2n) is 8.11. The van der Waals surface area contributed by atoms with E-state index in [0.29, 0.717) is 6.54 Å². The van der Waals surface area contributed by atoms with Crippen molar-refractivity contribution < 1.29 is 19.1 Å². The lowest BCUT2D eigenvalue weighted by Crippen LogP contribution is -2.31. The van der Waals surface area contributed by atoms with Gasteiger partial charge in [0, 0.05) is 36.6 Å². The van der Waals surface area contributed by atoms with Crippen LogP contribution in [0.1, 0.15) is 65.2 Å². The van der Waals surface area contributed by atoms with Crippen LogP contribution in [0.3, 0.4) is 0 Å². The number of nitrogens with zero attached hydrogens (tertiary/aromatic N) is 1. The molecule has 0 unspecified atom stereocenters. The van der Waals surface area contributed by atoms with Crippen molar-refractivity contribution in [3.05, 3.63) is 58.7 Å². The third-order valence-corrected chi connectivity index (χ3v) is 6.36. The van der Waals surface area contributed by atoms with Crippen molar-refractivity contribution in [3.8, 4) is 11.5 Å². The van der Waals surface area contributed by atoms with Crippen molar-refractivity contribution in [2.45, 2.75) is 51.0 Å². The number of aryl methyl sites for hydroxylation is 2. The lowest BCUT2D eigenvalue weighted by atomic mass is 10.0. The number of hydrogen-bond donors (Lipinski definition) is 0. The Morgan fingerprint density at radius 1 is 0.967 bits per heavy atom. The number of Topliss-reactive ketones (excluding diaryl/α,β-unsaturated/α-hetero) is 1. The largest absolute Gasteiger partial charge is 0.497 e. The Bertz CT molecular complexity index is 952. The number of rotatable bonds is 7. The maximum absolute atomic E-state index is 13.0. The Morgan fingerprint density at radius 3 is 2.60 bits per heavy atom. The molecule has 0 aromatic heterocycles. The summed E-state index contributed by atoms with van der Waals surface area (Å²) in [7, 11) is 3.26. The minimum atomic E-state index is -0.0200. The number of fused-ring (bicyclic) bond motifs is 1. The molecule has 1 heterocycles. The molecule has 158 valence electrons. The quantitative estimate of drug-likeness (QED) is 0.633. The van der Waals surface area contributed by atoms with E-state index in [4.69, 9.17) is 9.47 Å². The van der Waals surface area contributed by atoms with Crippen molar-refractivity contribution in [2.24, 2.45) is 0 Å². The number of ketones is 1. The van der Waals surface area contributed by atoms with Crippen LogP contribution in [-0.4, -0.2) is 37.4 Å². The van der Waals surface area contributed by atoms with Gasteiger partial charge in [0.1, 0.15) is 11.5 Å². The minimum Gasteiger partial charge on any atom is -0.497 e. The lowest BCUT2D eigenvalue weighted by Gasteiger charge is -2.26. The fraction of sp³-hybridized carbons (Fsp3) is 0.440. The first kappa shape index (κ1) is 20.5. The smallest absolute Gasteiger partial charge is 0.223 e. The summed E-state index contributed by atoms with van der Waals surface area (Å²) in [6, 6.07) is 11.7. The third kappa shape index (κ3) is 4.07. The number of hydrogen-bond acceptors (Lipinski definition) is 4. The number of likely N-dealkylation sites (tertiary alicyclic amines) is 1. The number of amides is 1. The van der Waals surface area contributed by atoms with E-state index >= 15 is 0 Å². The molecule has 4 rings (SSSR count). The van der Waals surface area contributed by atoms with Crippen LogP contribution < -0.4 is 9.47 Å². The molecule has 1 fully saturated rings. The fourth-order valence-electron chi connectivity index (χ4n) is 4.74. The summed E-state index contributed by atoms with van der Waals surface area (Å²) in [5.74, 6) is 1.54. The molecular weight excluding hydrogens is 378 g/mol. The average molecular weight is 408 g/mol. The lowest BCUT2D eigenvalue weighted by molar-refractivity contribution is -0.132. The first-order valence-corrected chi connectivity index (χ1v) is 10.8. The Hall–Kier alpha value is -2.82. The zero-order valence-corrected chi connectivity index (χ0v) is 17.8. The molecule has 0 radical (unpaired) electrons. The molecule has 0 spiro atoms. The topological polar surface area (TPSA) is 55.8 Å². The molecule has 2 aromatic carbocycles. The highest BCUT2D eigenvalue weighted by Gasteiger charge is 2.32. The third-order valence-electron chi connectivity index (χ3n) is 6.36. The number of carbonyl (C=O) groups is 2. The standard InChI is InChI=1S/C25H29NO4/c1-29-20-10-11-21(24(16-20)30-2)22-7-4-14-26(22)25(28)13-12-23(27)19-9-8-17-5-3-6-18(17)15-19/h8-11,15-16,22H,3-7,12-14H2,1-2H3/t22-/m0/s1. The summed E-state index contributed by atoms with van der Waals surface area (Å²) in [5.41, 5.74) is 4.38. The van der Waals surface area contributed by atoms with Crippen LogP contribution in [0.4, 0.5) is 0 Å². The van der Waals surface area contributed by atoms with E-state index in [-0.39, 0.29) is 30.6 Å². The van der Waals surface area contributed by atoms with Gasteiger partial charge in [0.25, 0.3) is 0 Å². The van der Waals surface area contributed by atoms with Crippen LogP contribution in [0.25, 0.3) is 0 Å². The zero-order valence-electron chi connectivity index (χ0n) is 17.8. The van der Waals surface area contributed by atoms with Gasteiger partial charge in [-0.2, -0.15) is 0 Å². The number of benzene rings is 2. The van der Waals surface area contributed by atoms with Crippen molar-refractivity contribution in [1.82, 2.24) is 4.90 Å². The van der Waals surface area contributed by atoms with E-state index in [0.717, 1.165) is 54.7 Å². The summed E-state index contributed by atoms with van der Waals surface area (Å²) >= 11 is 0. The van der Waals surface area contributed by atoms with E-state index in [1.807, 2.05) is 35.2 Å². The highest BCUT2D eigenvalue weighted by molar-refractivity contribution is 5.98. The van der Waals surface area contributed by atoms with Gasteiger partial charge in [-0.05, 0) is 61.4 Å². The van der Waals surface area contributed by atoms with Crippen LogP contribution in [0.5, 0.6) is 11.5 Å². The van der Waals surface area contributed by atoms with E-state index in [1.165, 1.54) is 11.1 Å². The highest BCUT2D eigenvalue weighted by Crippen LogP contribution is 2.39. The molecule has 0 bridgehead atoms. The van der Waals surface area contributed by atoms with Crippen molar-refractivity contribution in [2.75, 3.05) is 20.8 Å². The van der Waals surface area contributed by atoms with E-state index in [1.54, 1.807) is 14.2 Å². The Labute approximate surface area is 178 Å². The maximum Gasteiger partial charge on any atom is 0.223 e. The van der Waals surface area contributed by atoms with Gasteiger partial charge in [0.2, 0.25) is 5.91 Å². The second kappa shape index (κ2) is 8.90. The van der Waals surface area contributed by atoms with Crippen LogP contribution in [0.15, 0.2) is 36.4 Å². The molecule has 1 aliphatic heterocycles. The minimum absolute atomic E-state index is 0.0200. The Morgan fingerprint density at radius 2 is 1.80 bits per heavy atom. The summed E-state index contributed by atoms with van der Waals surface area (Å²) < 4.78 is 10.8.